The van der Waals surface area contributed by atoms with Gasteiger partial charge in [0.2, 0.25) is 0 Å². The molecule has 1 N–H and O–H groups in total. The second kappa shape index (κ2) is 6.42. The fourth-order valence-electron chi connectivity index (χ4n) is 1.61. The first-order chi connectivity index (χ1) is 7.94. The van der Waals surface area contributed by atoms with Crippen molar-refractivity contribution in [2.75, 3.05) is 12.4 Å². The smallest absolute Gasteiger partial charge is 0.0286 e. The van der Waals surface area contributed by atoms with Gasteiger partial charge in [-0.1, -0.05) is 52.0 Å². The number of rotatable bonds is 6. The topological polar surface area (TPSA) is 12.0 Å². The molecule has 1 rings (SSSR count). The Morgan fingerprint density at radius 1 is 1.18 bits per heavy atom. The molecule has 96 valence electrons. The summed E-state index contributed by atoms with van der Waals surface area (Å²) in [5, 5.41) is 3.46. The maximum atomic E-state index is 5.89. The second-order valence-electron chi connectivity index (χ2n) is 5.80. The summed E-state index contributed by atoms with van der Waals surface area (Å²) < 4.78 is 0. The summed E-state index contributed by atoms with van der Waals surface area (Å²) >= 11 is 5.89. The van der Waals surface area contributed by atoms with Crippen molar-refractivity contribution in [2.24, 2.45) is 5.41 Å². The summed E-state index contributed by atoms with van der Waals surface area (Å²) in [6.07, 6.45) is 0. The van der Waals surface area contributed by atoms with Gasteiger partial charge in [-0.15, -0.1) is 11.6 Å². The third-order valence-corrected chi connectivity index (χ3v) is 3.66. The van der Waals surface area contributed by atoms with Gasteiger partial charge in [0.15, 0.2) is 0 Å². The monoisotopic (exact) mass is 253 g/mol. The summed E-state index contributed by atoms with van der Waals surface area (Å²) in [6.45, 7) is 10.7. The molecule has 0 aliphatic heterocycles. The highest BCUT2D eigenvalue weighted by atomic mass is 35.5. The van der Waals surface area contributed by atoms with E-state index >= 15 is 0 Å². The lowest BCUT2D eigenvalue weighted by atomic mass is 9.96. The van der Waals surface area contributed by atoms with Crippen LogP contribution in [0, 0.1) is 5.41 Å². The van der Waals surface area contributed by atoms with Crippen LogP contribution in [0.3, 0.4) is 0 Å². The van der Waals surface area contributed by atoms with E-state index in [4.69, 9.17) is 11.6 Å². The average molecular weight is 254 g/mol. The van der Waals surface area contributed by atoms with Crippen molar-refractivity contribution in [2.45, 2.75) is 40.2 Å². The molecule has 0 saturated carbocycles. The molecule has 0 heterocycles. The summed E-state index contributed by atoms with van der Waals surface area (Å²) in [5.74, 6) is 1.29. The Labute approximate surface area is 111 Å². The predicted octanol–water partition coefficient (Wildman–Crippen LogP) is 4.16. The molecule has 0 aromatic heterocycles. The Morgan fingerprint density at radius 2 is 1.76 bits per heavy atom. The summed E-state index contributed by atoms with van der Waals surface area (Å²) in [6, 6.07) is 8.84. The van der Waals surface area contributed by atoms with Crippen molar-refractivity contribution in [1.82, 2.24) is 5.32 Å². The maximum absolute atomic E-state index is 5.89. The van der Waals surface area contributed by atoms with Crippen molar-refractivity contribution in [3.8, 4) is 0 Å². The number of nitrogens with one attached hydrogen (secondary N) is 1. The Balaban J connectivity index is 2.42. The Hall–Kier alpha value is -0.530. The van der Waals surface area contributed by atoms with E-state index in [1.165, 1.54) is 11.1 Å². The fraction of sp³-hybridized carbons (Fsp3) is 0.600. The minimum absolute atomic E-state index is 0.166. The fourth-order valence-corrected chi connectivity index (χ4v) is 1.71. The summed E-state index contributed by atoms with van der Waals surface area (Å²) in [4.78, 5) is 0. The number of halogens is 1. The first-order valence-corrected chi connectivity index (χ1v) is 6.83. The lowest BCUT2D eigenvalue weighted by Gasteiger charge is -2.21. The minimum Gasteiger partial charge on any atom is -0.312 e. The van der Waals surface area contributed by atoms with E-state index in [0.717, 1.165) is 13.1 Å². The molecule has 0 atom stereocenters. The highest BCUT2D eigenvalue weighted by Crippen LogP contribution is 2.16. The number of benzene rings is 1. The van der Waals surface area contributed by atoms with Crippen LogP contribution >= 0.6 is 11.6 Å². The van der Waals surface area contributed by atoms with E-state index in [-0.39, 0.29) is 5.41 Å². The van der Waals surface area contributed by atoms with Gasteiger partial charge >= 0.3 is 0 Å². The standard InChI is InChI=1S/C15H24ClN/c1-12(2)14-7-5-13(6-8-14)9-17-11-15(3,4)10-16/h5-8,12,17H,9-11H2,1-4H3. The Kier molecular flexibility index (Phi) is 5.48. The van der Waals surface area contributed by atoms with Crippen molar-refractivity contribution in [1.29, 1.82) is 0 Å². The number of hydrogen-bond donors (Lipinski definition) is 1. The molecule has 0 aliphatic carbocycles. The quantitative estimate of drug-likeness (QED) is 0.751. The molecule has 2 heteroatoms. The van der Waals surface area contributed by atoms with Gasteiger partial charge in [0.25, 0.3) is 0 Å². The van der Waals surface area contributed by atoms with Crippen LogP contribution in [0.1, 0.15) is 44.7 Å². The largest absolute Gasteiger partial charge is 0.312 e. The van der Waals surface area contributed by atoms with E-state index in [0.29, 0.717) is 11.8 Å². The third-order valence-electron chi connectivity index (χ3n) is 2.94. The molecule has 1 aromatic carbocycles. The molecule has 0 unspecified atom stereocenters. The Bertz CT molecular complexity index is 327. The predicted molar refractivity (Wildman–Crippen MR) is 76.7 cm³/mol. The average Bonchev–Trinajstić information content (AvgIpc) is 2.29. The molecule has 17 heavy (non-hydrogen) atoms. The molecule has 0 amide bonds. The van der Waals surface area contributed by atoms with Crippen LogP contribution in [0.4, 0.5) is 0 Å². The van der Waals surface area contributed by atoms with Crippen LogP contribution in [-0.4, -0.2) is 12.4 Å². The van der Waals surface area contributed by atoms with Gasteiger partial charge in [0, 0.05) is 19.0 Å². The Morgan fingerprint density at radius 3 is 2.24 bits per heavy atom. The maximum Gasteiger partial charge on any atom is 0.0286 e. The van der Waals surface area contributed by atoms with Crippen molar-refractivity contribution in [3.05, 3.63) is 35.4 Å². The van der Waals surface area contributed by atoms with Crippen molar-refractivity contribution >= 4 is 11.6 Å². The van der Waals surface area contributed by atoms with E-state index < -0.39 is 0 Å². The van der Waals surface area contributed by atoms with Crippen LogP contribution in [0.25, 0.3) is 0 Å². The highest BCUT2D eigenvalue weighted by molar-refractivity contribution is 6.18. The summed E-state index contributed by atoms with van der Waals surface area (Å²) in [5.41, 5.74) is 2.90. The van der Waals surface area contributed by atoms with Gasteiger partial charge in [-0.3, -0.25) is 0 Å². The highest BCUT2D eigenvalue weighted by Gasteiger charge is 2.15. The molecule has 1 nitrogen and oxygen atoms in total. The SMILES string of the molecule is CC(C)c1ccc(CNCC(C)(C)CCl)cc1. The van der Waals surface area contributed by atoms with Gasteiger partial charge in [-0.05, 0) is 22.5 Å². The number of alkyl halides is 1. The van der Waals surface area contributed by atoms with Crippen LogP contribution in [0.5, 0.6) is 0 Å². The lowest BCUT2D eigenvalue weighted by Crippen LogP contribution is -2.30. The zero-order valence-corrected chi connectivity index (χ0v) is 12.1. The molecular weight excluding hydrogens is 230 g/mol. The van der Waals surface area contributed by atoms with Gasteiger partial charge in [-0.2, -0.15) is 0 Å². The first kappa shape index (κ1) is 14.5. The first-order valence-electron chi connectivity index (χ1n) is 6.30. The molecule has 1 aromatic rings. The number of hydrogen-bond acceptors (Lipinski definition) is 1. The molecular formula is C15H24ClN. The van der Waals surface area contributed by atoms with E-state index in [1.807, 2.05) is 0 Å². The molecule has 0 fully saturated rings. The normalized spacial score (nSPS) is 12.1. The van der Waals surface area contributed by atoms with E-state index in [1.54, 1.807) is 0 Å². The van der Waals surface area contributed by atoms with Gasteiger partial charge in [-0.25, -0.2) is 0 Å². The van der Waals surface area contributed by atoms with E-state index in [9.17, 15) is 0 Å². The molecule has 0 radical (unpaired) electrons. The minimum atomic E-state index is 0.166. The third kappa shape index (κ3) is 5.10. The van der Waals surface area contributed by atoms with Gasteiger partial charge in [0.05, 0.1) is 0 Å². The molecule has 0 spiro atoms. The van der Waals surface area contributed by atoms with Crippen molar-refractivity contribution < 1.29 is 0 Å². The molecule has 0 saturated heterocycles. The summed E-state index contributed by atoms with van der Waals surface area (Å²) in [7, 11) is 0. The van der Waals surface area contributed by atoms with Gasteiger partial charge < -0.3 is 5.32 Å². The molecule has 0 bridgehead atoms. The van der Waals surface area contributed by atoms with Gasteiger partial charge in [0.1, 0.15) is 0 Å². The van der Waals surface area contributed by atoms with Crippen LogP contribution < -0.4 is 5.32 Å². The van der Waals surface area contributed by atoms with Crippen molar-refractivity contribution in [3.63, 3.8) is 0 Å². The van der Waals surface area contributed by atoms with E-state index in [2.05, 4.69) is 57.3 Å². The lowest BCUT2D eigenvalue weighted by molar-refractivity contribution is 0.385. The van der Waals surface area contributed by atoms with Crippen LogP contribution in [0.15, 0.2) is 24.3 Å². The zero-order chi connectivity index (χ0) is 12.9. The van der Waals surface area contributed by atoms with Crippen LogP contribution in [0.2, 0.25) is 0 Å². The zero-order valence-electron chi connectivity index (χ0n) is 11.4. The second-order valence-corrected chi connectivity index (χ2v) is 6.06. The molecule has 0 aliphatic rings. The van der Waals surface area contributed by atoms with Crippen LogP contribution in [-0.2, 0) is 6.54 Å².